The zero-order valence-electron chi connectivity index (χ0n) is 8.38. The average Bonchev–Trinajstić information content (AvgIpc) is 2.75. The number of thiophene rings is 1. The second-order valence-electron chi connectivity index (χ2n) is 3.90. The lowest BCUT2D eigenvalue weighted by atomic mass is 9.84. The van der Waals surface area contributed by atoms with Gasteiger partial charge >= 0.3 is 0 Å². The molecule has 15 heavy (non-hydrogen) atoms. The molecule has 0 saturated heterocycles. The van der Waals surface area contributed by atoms with E-state index in [1.165, 1.54) is 0 Å². The monoisotopic (exact) mass is 217 g/mol. The molecule has 3 heteroatoms. The van der Waals surface area contributed by atoms with E-state index in [4.69, 9.17) is 0 Å². The van der Waals surface area contributed by atoms with Gasteiger partial charge in [0.05, 0.1) is 17.5 Å². The molecule has 3 rings (SSSR count). The maximum Gasteiger partial charge on any atom is 0.175 e. The highest BCUT2D eigenvalue weighted by Crippen LogP contribution is 2.38. The lowest BCUT2D eigenvalue weighted by Crippen LogP contribution is -2.44. The van der Waals surface area contributed by atoms with Gasteiger partial charge in [-0.15, -0.1) is 11.3 Å². The predicted octanol–water partition coefficient (Wildman–Crippen LogP) is 2.49. The molecule has 1 aliphatic heterocycles. The summed E-state index contributed by atoms with van der Waals surface area (Å²) in [6.07, 6.45) is 8.09. The number of allylic oxidation sites excluding steroid dienone is 2. The normalized spacial score (nSPS) is 27.8. The fraction of sp³-hybridized carbons (Fsp3) is 0.250. The highest BCUT2D eigenvalue weighted by Gasteiger charge is 2.37. The summed E-state index contributed by atoms with van der Waals surface area (Å²) in [5, 5.41) is 3.09. The Morgan fingerprint density at radius 2 is 2.13 bits per heavy atom. The van der Waals surface area contributed by atoms with Crippen LogP contribution in [-0.2, 0) is 0 Å². The Kier molecular flexibility index (Phi) is 1.83. The number of carbonyl (C=O) groups is 1. The molecule has 0 saturated carbocycles. The van der Waals surface area contributed by atoms with Gasteiger partial charge in [-0.05, 0) is 11.4 Å². The molecule has 0 radical (unpaired) electrons. The van der Waals surface area contributed by atoms with Gasteiger partial charge in [0.2, 0.25) is 0 Å². The van der Waals surface area contributed by atoms with Gasteiger partial charge in [0.15, 0.2) is 5.78 Å². The molecule has 76 valence electrons. The van der Waals surface area contributed by atoms with Crippen molar-refractivity contribution >= 4 is 22.1 Å². The van der Waals surface area contributed by atoms with Crippen LogP contribution < -0.4 is 4.90 Å². The van der Waals surface area contributed by atoms with Gasteiger partial charge in [0, 0.05) is 7.05 Å². The highest BCUT2D eigenvalue weighted by atomic mass is 32.1. The molecular formula is C12H11NOS. The molecule has 0 aromatic carbocycles. The maximum absolute atomic E-state index is 12.2. The second kappa shape index (κ2) is 3.07. The number of fused-ring (bicyclic) bond motifs is 2. The molecule has 0 spiro atoms. The van der Waals surface area contributed by atoms with Crippen molar-refractivity contribution in [2.24, 2.45) is 5.92 Å². The molecule has 0 bridgehead atoms. The quantitative estimate of drug-likeness (QED) is 0.665. The molecule has 2 heterocycles. The lowest BCUT2D eigenvalue weighted by molar-refractivity contribution is 0.0930. The minimum atomic E-state index is 0.00194. The first kappa shape index (κ1) is 8.92. The number of anilines is 1. The molecule has 2 atom stereocenters. The smallest absolute Gasteiger partial charge is 0.175 e. The molecular weight excluding hydrogens is 206 g/mol. The Morgan fingerprint density at radius 3 is 3.00 bits per heavy atom. The fourth-order valence-corrected chi connectivity index (χ4v) is 3.20. The largest absolute Gasteiger partial charge is 0.358 e. The van der Waals surface area contributed by atoms with Crippen LogP contribution in [0.1, 0.15) is 10.4 Å². The summed E-state index contributed by atoms with van der Waals surface area (Å²) in [5.74, 6) is 0.261. The molecule has 2 unspecified atom stereocenters. The minimum absolute atomic E-state index is 0.00194. The van der Waals surface area contributed by atoms with Gasteiger partial charge in [0.1, 0.15) is 5.00 Å². The fourth-order valence-electron chi connectivity index (χ4n) is 2.28. The number of carbonyl (C=O) groups excluding carboxylic acids is 1. The van der Waals surface area contributed by atoms with Crippen molar-refractivity contribution in [1.82, 2.24) is 0 Å². The van der Waals surface area contributed by atoms with Crippen LogP contribution in [0.2, 0.25) is 0 Å². The Morgan fingerprint density at radius 1 is 1.33 bits per heavy atom. The number of rotatable bonds is 0. The van der Waals surface area contributed by atoms with Gasteiger partial charge in [-0.3, -0.25) is 4.79 Å². The van der Waals surface area contributed by atoms with Gasteiger partial charge in [-0.2, -0.15) is 0 Å². The van der Waals surface area contributed by atoms with Crippen LogP contribution in [0.25, 0.3) is 0 Å². The van der Waals surface area contributed by atoms with E-state index < -0.39 is 0 Å². The Bertz CT molecular complexity index is 472. The average molecular weight is 217 g/mol. The second-order valence-corrected chi connectivity index (χ2v) is 4.80. The van der Waals surface area contributed by atoms with Gasteiger partial charge < -0.3 is 4.90 Å². The summed E-state index contributed by atoms with van der Waals surface area (Å²) >= 11 is 1.64. The van der Waals surface area contributed by atoms with E-state index in [1.54, 1.807) is 11.3 Å². The summed E-state index contributed by atoms with van der Waals surface area (Å²) in [6.45, 7) is 0. The standard InChI is InChI=1S/C12H11NOS/c1-13-10-5-3-2-4-8(10)11(14)9-6-7-15-12(9)13/h2-8,10H,1H3. The van der Waals surface area contributed by atoms with Crippen LogP contribution in [0, 0.1) is 5.92 Å². The third-order valence-corrected chi connectivity index (χ3v) is 4.09. The molecule has 0 amide bonds. The summed E-state index contributed by atoms with van der Waals surface area (Å²) in [7, 11) is 2.06. The first-order valence-corrected chi connectivity index (χ1v) is 5.86. The number of hydrogen-bond donors (Lipinski definition) is 0. The predicted molar refractivity (Wildman–Crippen MR) is 62.6 cm³/mol. The van der Waals surface area contributed by atoms with E-state index in [-0.39, 0.29) is 17.7 Å². The summed E-state index contributed by atoms with van der Waals surface area (Å²) in [4.78, 5) is 14.4. The third kappa shape index (κ3) is 1.13. The van der Waals surface area contributed by atoms with Crippen LogP contribution in [0.5, 0.6) is 0 Å². The molecule has 0 N–H and O–H groups in total. The SMILES string of the molecule is CN1c2sccc2C(=O)C2C=CC=CC21. The van der Waals surface area contributed by atoms with Crippen LogP contribution in [0.15, 0.2) is 35.8 Å². The van der Waals surface area contributed by atoms with E-state index in [9.17, 15) is 4.79 Å². The molecule has 0 fully saturated rings. The molecule has 1 aliphatic carbocycles. The third-order valence-electron chi connectivity index (χ3n) is 3.09. The first-order chi connectivity index (χ1) is 7.29. The van der Waals surface area contributed by atoms with Gasteiger partial charge in [0.25, 0.3) is 0 Å². The number of likely N-dealkylation sites (N-methyl/N-ethyl adjacent to an activating group) is 1. The number of ketones is 1. The van der Waals surface area contributed by atoms with E-state index in [0.29, 0.717) is 0 Å². The summed E-state index contributed by atoms with van der Waals surface area (Å²) < 4.78 is 0. The Hall–Kier alpha value is -1.35. The maximum atomic E-state index is 12.2. The zero-order valence-corrected chi connectivity index (χ0v) is 9.20. The minimum Gasteiger partial charge on any atom is -0.358 e. The van der Waals surface area contributed by atoms with Crippen molar-refractivity contribution in [2.75, 3.05) is 11.9 Å². The molecule has 2 aliphatic rings. The van der Waals surface area contributed by atoms with Crippen molar-refractivity contribution in [3.05, 3.63) is 41.3 Å². The lowest BCUT2D eigenvalue weighted by Gasteiger charge is -2.37. The molecule has 1 aromatic rings. The zero-order chi connectivity index (χ0) is 10.4. The number of hydrogen-bond acceptors (Lipinski definition) is 3. The Balaban J connectivity index is 2.16. The molecule has 2 nitrogen and oxygen atoms in total. The van der Waals surface area contributed by atoms with Crippen LogP contribution in [0.3, 0.4) is 0 Å². The summed E-state index contributed by atoms with van der Waals surface area (Å²) in [5.41, 5.74) is 0.878. The van der Waals surface area contributed by atoms with Crippen LogP contribution in [0.4, 0.5) is 5.00 Å². The van der Waals surface area contributed by atoms with E-state index in [0.717, 1.165) is 10.6 Å². The number of Topliss-reactive ketones (excluding diaryl/α,β-unsaturated/α-hetero) is 1. The van der Waals surface area contributed by atoms with E-state index in [1.807, 2.05) is 29.7 Å². The van der Waals surface area contributed by atoms with Crippen molar-refractivity contribution in [1.29, 1.82) is 0 Å². The van der Waals surface area contributed by atoms with E-state index >= 15 is 0 Å². The molecule has 1 aromatic heterocycles. The van der Waals surface area contributed by atoms with Gasteiger partial charge in [-0.25, -0.2) is 0 Å². The van der Waals surface area contributed by atoms with Crippen molar-refractivity contribution in [2.45, 2.75) is 6.04 Å². The first-order valence-electron chi connectivity index (χ1n) is 4.98. The van der Waals surface area contributed by atoms with E-state index in [2.05, 4.69) is 18.0 Å². The van der Waals surface area contributed by atoms with Crippen LogP contribution >= 0.6 is 11.3 Å². The van der Waals surface area contributed by atoms with Crippen molar-refractivity contribution in [3.63, 3.8) is 0 Å². The Labute approximate surface area is 92.5 Å². The summed E-state index contributed by atoms with van der Waals surface area (Å²) in [6, 6.07) is 2.13. The van der Waals surface area contributed by atoms with Gasteiger partial charge in [-0.1, -0.05) is 24.3 Å². The van der Waals surface area contributed by atoms with Crippen LogP contribution in [-0.4, -0.2) is 18.9 Å². The van der Waals surface area contributed by atoms with Crippen molar-refractivity contribution in [3.8, 4) is 0 Å². The number of nitrogens with zero attached hydrogens (tertiary/aromatic N) is 1. The topological polar surface area (TPSA) is 20.3 Å². The highest BCUT2D eigenvalue weighted by molar-refractivity contribution is 7.14. The van der Waals surface area contributed by atoms with Crippen molar-refractivity contribution < 1.29 is 4.79 Å².